The first-order valence-corrected chi connectivity index (χ1v) is 13.8. The second kappa shape index (κ2) is 6.86. The van der Waals surface area contributed by atoms with Crippen molar-refractivity contribution in [3.05, 3.63) is 12.2 Å². The molecule has 0 aromatic heterocycles. The quantitative estimate of drug-likeness (QED) is 0.439. The minimum absolute atomic E-state index is 0.0841. The average molecular weight is 427 g/mol. The van der Waals surface area contributed by atoms with E-state index in [1.165, 1.54) is 76.2 Å². The highest BCUT2D eigenvalue weighted by Crippen LogP contribution is 2.88. The van der Waals surface area contributed by atoms with E-state index in [1.807, 2.05) is 0 Å². The predicted molar refractivity (Wildman–Crippen MR) is 131 cm³/mol. The third-order valence-electron chi connectivity index (χ3n) is 13.3. The van der Waals surface area contributed by atoms with Gasteiger partial charge >= 0.3 is 0 Å². The van der Waals surface area contributed by atoms with Gasteiger partial charge in [-0.05, 0) is 128 Å². The standard InChI is InChI=1S/C30H50O/c1-20(2)21(3)9-8-10-22-13-15-28(7)24-12-11-23-26(4,5)25(31)14-16-29(23)19-30(24,29)18-17-27(22,28)6/h21-25,31H,1,8-19H2,2-7H3/t21-,22-,23-,24-,25-,27+,28-,29+,30-/m0/s1. The van der Waals surface area contributed by atoms with Crippen LogP contribution >= 0.6 is 0 Å². The van der Waals surface area contributed by atoms with Crippen LogP contribution in [0.5, 0.6) is 0 Å². The Morgan fingerprint density at radius 2 is 1.58 bits per heavy atom. The van der Waals surface area contributed by atoms with E-state index in [0.29, 0.717) is 27.6 Å². The van der Waals surface area contributed by atoms with Crippen LogP contribution in [0.25, 0.3) is 0 Å². The Labute approximate surface area is 192 Å². The van der Waals surface area contributed by atoms with Crippen LogP contribution in [0, 0.1) is 50.7 Å². The summed E-state index contributed by atoms with van der Waals surface area (Å²) in [6.07, 6.45) is 16.7. The minimum atomic E-state index is -0.0841. The molecule has 0 saturated heterocycles. The molecule has 31 heavy (non-hydrogen) atoms. The summed E-state index contributed by atoms with van der Waals surface area (Å²) in [6, 6.07) is 0. The van der Waals surface area contributed by atoms with Crippen molar-refractivity contribution >= 4 is 0 Å². The molecule has 0 bridgehead atoms. The molecule has 5 aliphatic carbocycles. The summed E-state index contributed by atoms with van der Waals surface area (Å²) in [5.41, 5.74) is 3.79. The number of allylic oxidation sites excluding steroid dienone is 1. The average Bonchev–Trinajstić information content (AvgIpc) is 3.30. The second-order valence-electron chi connectivity index (χ2n) is 14.3. The van der Waals surface area contributed by atoms with E-state index in [0.717, 1.165) is 24.2 Å². The fourth-order valence-electron chi connectivity index (χ4n) is 10.8. The molecule has 1 nitrogen and oxygen atoms in total. The third-order valence-corrected chi connectivity index (χ3v) is 13.3. The van der Waals surface area contributed by atoms with E-state index in [4.69, 9.17) is 0 Å². The molecule has 1 heteroatoms. The maximum absolute atomic E-state index is 10.8. The zero-order valence-corrected chi connectivity index (χ0v) is 21.5. The molecule has 0 heterocycles. The fourth-order valence-corrected chi connectivity index (χ4v) is 10.8. The SMILES string of the molecule is C=C(C)[C@@H](C)CCC[C@H]1CC[C@@]2(C)[C@@H]3CC[C@H]4C(C)(C)[C@@H](O)CC[C@@]45C[C@@]35CC[C@]12C. The van der Waals surface area contributed by atoms with Gasteiger partial charge in [0.1, 0.15) is 0 Å². The summed E-state index contributed by atoms with van der Waals surface area (Å²) in [7, 11) is 0. The molecule has 2 spiro atoms. The number of hydrogen-bond donors (Lipinski definition) is 1. The van der Waals surface area contributed by atoms with E-state index in [9.17, 15) is 5.11 Å². The number of hydrogen-bond acceptors (Lipinski definition) is 1. The van der Waals surface area contributed by atoms with Crippen molar-refractivity contribution < 1.29 is 5.11 Å². The summed E-state index contributed by atoms with van der Waals surface area (Å²) >= 11 is 0. The highest BCUT2D eigenvalue weighted by molar-refractivity contribution is 5.30. The summed E-state index contributed by atoms with van der Waals surface area (Å²) in [6.45, 7) is 19.0. The lowest BCUT2D eigenvalue weighted by Gasteiger charge is -2.63. The monoisotopic (exact) mass is 426 g/mol. The van der Waals surface area contributed by atoms with Crippen molar-refractivity contribution in [2.75, 3.05) is 0 Å². The molecule has 1 N–H and O–H groups in total. The van der Waals surface area contributed by atoms with Gasteiger partial charge in [-0.25, -0.2) is 0 Å². The Kier molecular flexibility index (Phi) is 4.98. The second-order valence-corrected chi connectivity index (χ2v) is 14.3. The largest absolute Gasteiger partial charge is 0.393 e. The van der Waals surface area contributed by atoms with Gasteiger partial charge in [0.2, 0.25) is 0 Å². The molecule has 5 aliphatic rings. The summed E-state index contributed by atoms with van der Waals surface area (Å²) < 4.78 is 0. The fraction of sp³-hybridized carbons (Fsp3) is 0.933. The molecule has 5 saturated carbocycles. The van der Waals surface area contributed by atoms with Gasteiger partial charge in [0.15, 0.2) is 0 Å². The van der Waals surface area contributed by atoms with Gasteiger partial charge < -0.3 is 5.11 Å². The van der Waals surface area contributed by atoms with Gasteiger partial charge in [-0.3, -0.25) is 0 Å². The maximum Gasteiger partial charge on any atom is 0.0594 e. The van der Waals surface area contributed by atoms with Crippen molar-refractivity contribution in [3.63, 3.8) is 0 Å². The molecular formula is C30H50O. The van der Waals surface area contributed by atoms with Crippen molar-refractivity contribution in [1.82, 2.24) is 0 Å². The van der Waals surface area contributed by atoms with Gasteiger partial charge in [-0.15, -0.1) is 0 Å². The molecule has 0 aliphatic heterocycles. The molecule has 5 fully saturated rings. The van der Waals surface area contributed by atoms with Crippen molar-refractivity contribution in [3.8, 4) is 0 Å². The van der Waals surface area contributed by atoms with Crippen LogP contribution in [0.3, 0.4) is 0 Å². The Balaban J connectivity index is 1.36. The summed E-state index contributed by atoms with van der Waals surface area (Å²) in [5, 5.41) is 10.8. The number of aliphatic hydroxyl groups excluding tert-OH is 1. The molecular weight excluding hydrogens is 376 g/mol. The zero-order chi connectivity index (χ0) is 22.4. The molecule has 0 unspecified atom stereocenters. The molecule has 9 atom stereocenters. The lowest BCUT2D eigenvalue weighted by atomic mass is 9.42. The van der Waals surface area contributed by atoms with Crippen LogP contribution in [0.1, 0.15) is 119 Å². The Morgan fingerprint density at radius 3 is 2.29 bits per heavy atom. The summed E-state index contributed by atoms with van der Waals surface area (Å²) in [5.74, 6) is 3.32. The minimum Gasteiger partial charge on any atom is -0.393 e. The van der Waals surface area contributed by atoms with Crippen LogP contribution in [0.2, 0.25) is 0 Å². The van der Waals surface area contributed by atoms with Crippen molar-refractivity contribution in [2.24, 2.45) is 50.7 Å². The van der Waals surface area contributed by atoms with E-state index < -0.39 is 0 Å². The molecule has 0 aromatic rings. The first-order chi connectivity index (χ1) is 14.4. The normalized spacial score (nSPS) is 53.0. The van der Waals surface area contributed by atoms with E-state index in [2.05, 4.69) is 48.1 Å². The molecule has 0 radical (unpaired) electrons. The topological polar surface area (TPSA) is 20.2 Å². The number of fused-ring (bicyclic) bond motifs is 2. The smallest absolute Gasteiger partial charge is 0.0594 e. The van der Waals surface area contributed by atoms with Crippen LogP contribution in [0.4, 0.5) is 0 Å². The van der Waals surface area contributed by atoms with Gasteiger partial charge in [-0.2, -0.15) is 0 Å². The third kappa shape index (κ3) is 2.71. The molecule has 0 amide bonds. The molecule has 5 rings (SSSR count). The maximum atomic E-state index is 10.8. The Bertz CT molecular complexity index is 752. The van der Waals surface area contributed by atoms with Crippen LogP contribution in [0.15, 0.2) is 12.2 Å². The van der Waals surface area contributed by atoms with Crippen LogP contribution in [-0.2, 0) is 0 Å². The lowest BCUT2D eigenvalue weighted by Crippen LogP contribution is -2.57. The Morgan fingerprint density at radius 1 is 0.903 bits per heavy atom. The highest BCUT2D eigenvalue weighted by atomic mass is 16.3. The van der Waals surface area contributed by atoms with Gasteiger partial charge in [-0.1, -0.05) is 53.2 Å². The van der Waals surface area contributed by atoms with E-state index >= 15 is 0 Å². The Hall–Kier alpha value is -0.300. The van der Waals surface area contributed by atoms with Gasteiger partial charge in [0.25, 0.3) is 0 Å². The van der Waals surface area contributed by atoms with Crippen LogP contribution < -0.4 is 0 Å². The van der Waals surface area contributed by atoms with Crippen LogP contribution in [-0.4, -0.2) is 11.2 Å². The highest BCUT2D eigenvalue weighted by Gasteiger charge is 2.81. The first-order valence-electron chi connectivity index (χ1n) is 13.8. The lowest BCUT2D eigenvalue weighted by molar-refractivity contribution is -0.159. The van der Waals surface area contributed by atoms with Gasteiger partial charge in [0.05, 0.1) is 6.10 Å². The van der Waals surface area contributed by atoms with Crippen molar-refractivity contribution in [2.45, 2.75) is 125 Å². The van der Waals surface area contributed by atoms with Crippen molar-refractivity contribution in [1.29, 1.82) is 0 Å². The number of aliphatic hydroxyl groups is 1. The zero-order valence-electron chi connectivity index (χ0n) is 21.5. The van der Waals surface area contributed by atoms with E-state index in [-0.39, 0.29) is 11.5 Å². The number of rotatable bonds is 5. The van der Waals surface area contributed by atoms with Gasteiger partial charge in [0, 0.05) is 0 Å². The molecule has 176 valence electrons. The first kappa shape index (κ1) is 22.5. The predicted octanol–water partition coefficient (Wildman–Crippen LogP) is 8.17. The summed E-state index contributed by atoms with van der Waals surface area (Å²) in [4.78, 5) is 0. The van der Waals surface area contributed by atoms with E-state index in [1.54, 1.807) is 0 Å². The molecule has 0 aromatic carbocycles.